The van der Waals surface area contributed by atoms with E-state index in [1.165, 1.54) is 5.56 Å². The monoisotopic (exact) mass is 424 g/mol. The lowest BCUT2D eigenvalue weighted by Gasteiger charge is -2.37. The number of piperidine rings is 1. The van der Waals surface area contributed by atoms with Crippen molar-refractivity contribution in [3.63, 3.8) is 0 Å². The summed E-state index contributed by atoms with van der Waals surface area (Å²) in [4.78, 5) is 18.4. The van der Waals surface area contributed by atoms with E-state index in [1.54, 1.807) is 0 Å². The van der Waals surface area contributed by atoms with Crippen LogP contribution < -0.4 is 0 Å². The molecule has 0 saturated carbocycles. The zero-order valence-electron chi connectivity index (χ0n) is 14.9. The normalized spacial score (nSPS) is 17.1. The average molecular weight is 425 g/mol. The zero-order valence-corrected chi connectivity index (χ0v) is 16.5. The van der Waals surface area contributed by atoms with Gasteiger partial charge in [0.05, 0.1) is 17.5 Å². The first-order valence-electron chi connectivity index (χ1n) is 9.19. The fourth-order valence-corrected chi connectivity index (χ4v) is 4.43. The van der Waals surface area contributed by atoms with Gasteiger partial charge in [-0.05, 0) is 55.3 Å². The number of benzene rings is 2. The predicted octanol–water partition coefficient (Wildman–Crippen LogP) is 4.88. The maximum atomic E-state index is 11.3. The summed E-state index contributed by atoms with van der Waals surface area (Å²) < 4.78 is 1.06. The van der Waals surface area contributed by atoms with Crippen LogP contribution in [0.15, 0.2) is 65.3 Å². The molecule has 1 saturated heterocycles. The molecule has 4 nitrogen and oxygen atoms in total. The van der Waals surface area contributed by atoms with Gasteiger partial charge in [0.15, 0.2) is 0 Å². The van der Waals surface area contributed by atoms with Crippen molar-refractivity contribution in [3.8, 4) is 0 Å². The Morgan fingerprint density at radius 2 is 1.81 bits per heavy atom. The highest BCUT2D eigenvalue weighted by Gasteiger charge is 2.31. The number of fused-ring (bicyclic) bond motifs is 1. The van der Waals surface area contributed by atoms with E-state index >= 15 is 0 Å². The summed E-state index contributed by atoms with van der Waals surface area (Å²) in [5.41, 5.74) is 3.30. The molecule has 1 unspecified atom stereocenters. The molecular formula is C22H21BrN2O2. The zero-order chi connectivity index (χ0) is 18.8. The van der Waals surface area contributed by atoms with Crippen molar-refractivity contribution < 1.29 is 9.90 Å². The fourth-order valence-electron chi connectivity index (χ4n) is 3.93. The Labute approximate surface area is 167 Å². The molecule has 1 aliphatic rings. The third-order valence-electron chi connectivity index (χ3n) is 5.37. The quantitative estimate of drug-likeness (QED) is 0.647. The molecule has 2 aromatic carbocycles. The van der Waals surface area contributed by atoms with Gasteiger partial charge in [-0.2, -0.15) is 0 Å². The lowest BCUT2D eigenvalue weighted by Crippen LogP contribution is -2.39. The smallest absolute Gasteiger partial charge is 0.306 e. The standard InChI is InChI=1S/C22H21BrN2O2/c23-19-7-3-2-6-18(19)21(25-11-9-15(10-12-25)22(26)27)17-13-16-5-1-4-8-20(16)24-14-17/h1-8,13-15,21H,9-12H2,(H,26,27). The van der Waals surface area contributed by atoms with E-state index in [-0.39, 0.29) is 12.0 Å². The molecule has 27 heavy (non-hydrogen) atoms. The minimum absolute atomic E-state index is 0.0485. The molecule has 1 fully saturated rings. The summed E-state index contributed by atoms with van der Waals surface area (Å²) in [5.74, 6) is -0.921. The Hall–Kier alpha value is -2.24. The molecule has 138 valence electrons. The first kappa shape index (κ1) is 18.1. The molecule has 3 aromatic rings. The molecule has 0 bridgehead atoms. The maximum Gasteiger partial charge on any atom is 0.306 e. The molecule has 0 aliphatic carbocycles. The molecule has 0 radical (unpaired) electrons. The van der Waals surface area contributed by atoms with E-state index in [4.69, 9.17) is 0 Å². The van der Waals surface area contributed by atoms with Gasteiger partial charge in [0.1, 0.15) is 0 Å². The summed E-state index contributed by atoms with van der Waals surface area (Å²) in [6, 6.07) is 18.6. The number of carbonyl (C=O) groups is 1. The minimum atomic E-state index is -0.681. The average Bonchev–Trinajstić information content (AvgIpc) is 2.70. The van der Waals surface area contributed by atoms with Crippen LogP contribution in [0.5, 0.6) is 0 Å². The van der Waals surface area contributed by atoms with Crippen LogP contribution in [0.25, 0.3) is 10.9 Å². The molecule has 0 spiro atoms. The number of likely N-dealkylation sites (tertiary alicyclic amines) is 1. The van der Waals surface area contributed by atoms with Crippen LogP contribution in [0.3, 0.4) is 0 Å². The number of pyridine rings is 1. The summed E-state index contributed by atoms with van der Waals surface area (Å²) in [7, 11) is 0. The number of hydrogen-bond donors (Lipinski definition) is 1. The van der Waals surface area contributed by atoms with Crippen molar-refractivity contribution in [3.05, 3.63) is 76.4 Å². The SMILES string of the molecule is O=C(O)C1CCN(C(c2cnc3ccccc3c2)c2ccccc2Br)CC1. The van der Waals surface area contributed by atoms with Crippen molar-refractivity contribution in [2.24, 2.45) is 5.92 Å². The number of carboxylic acids is 1. The van der Waals surface area contributed by atoms with E-state index in [1.807, 2.05) is 36.5 Å². The molecule has 0 amide bonds. The predicted molar refractivity (Wildman–Crippen MR) is 110 cm³/mol. The van der Waals surface area contributed by atoms with Crippen molar-refractivity contribution in [2.45, 2.75) is 18.9 Å². The van der Waals surface area contributed by atoms with Gasteiger partial charge in [-0.3, -0.25) is 14.7 Å². The second-order valence-corrected chi connectivity index (χ2v) is 7.89. The second kappa shape index (κ2) is 7.79. The van der Waals surface area contributed by atoms with Gasteiger partial charge in [-0.15, -0.1) is 0 Å². The van der Waals surface area contributed by atoms with E-state index in [0.29, 0.717) is 12.8 Å². The molecule has 1 atom stereocenters. The van der Waals surface area contributed by atoms with Gasteiger partial charge in [0.25, 0.3) is 0 Å². The van der Waals surface area contributed by atoms with Gasteiger partial charge >= 0.3 is 5.97 Å². The Bertz CT molecular complexity index is 967. The van der Waals surface area contributed by atoms with E-state index in [9.17, 15) is 9.90 Å². The largest absolute Gasteiger partial charge is 0.481 e. The number of rotatable bonds is 4. The molecule has 1 aliphatic heterocycles. The Morgan fingerprint density at radius 3 is 2.56 bits per heavy atom. The third kappa shape index (κ3) is 3.75. The van der Waals surface area contributed by atoms with Gasteiger partial charge in [-0.1, -0.05) is 52.3 Å². The van der Waals surface area contributed by atoms with Crippen LogP contribution in [0.1, 0.15) is 30.0 Å². The lowest BCUT2D eigenvalue weighted by atomic mass is 9.91. The lowest BCUT2D eigenvalue weighted by molar-refractivity contribution is -0.143. The summed E-state index contributed by atoms with van der Waals surface area (Å²) >= 11 is 3.70. The Morgan fingerprint density at radius 1 is 1.11 bits per heavy atom. The molecule has 1 N–H and O–H groups in total. The number of carboxylic acid groups (broad SMARTS) is 1. The van der Waals surface area contributed by atoms with Crippen LogP contribution >= 0.6 is 15.9 Å². The van der Waals surface area contributed by atoms with E-state index < -0.39 is 5.97 Å². The third-order valence-corrected chi connectivity index (χ3v) is 6.09. The fraction of sp³-hybridized carbons (Fsp3) is 0.273. The van der Waals surface area contributed by atoms with Gasteiger partial charge in [-0.25, -0.2) is 0 Å². The van der Waals surface area contributed by atoms with Gasteiger partial charge < -0.3 is 5.11 Å². The van der Waals surface area contributed by atoms with Gasteiger partial charge in [0, 0.05) is 16.1 Å². The summed E-state index contributed by atoms with van der Waals surface area (Å²) in [5, 5.41) is 10.4. The van der Waals surface area contributed by atoms with Crippen LogP contribution in [0, 0.1) is 5.92 Å². The van der Waals surface area contributed by atoms with Crippen molar-refractivity contribution in [1.29, 1.82) is 0 Å². The van der Waals surface area contributed by atoms with Crippen LogP contribution in [-0.4, -0.2) is 34.0 Å². The first-order valence-corrected chi connectivity index (χ1v) is 9.99. The highest BCUT2D eigenvalue weighted by atomic mass is 79.9. The highest BCUT2D eigenvalue weighted by molar-refractivity contribution is 9.10. The number of aliphatic carboxylic acids is 1. The number of aromatic nitrogens is 1. The van der Waals surface area contributed by atoms with Gasteiger partial charge in [0.2, 0.25) is 0 Å². The van der Waals surface area contributed by atoms with E-state index in [0.717, 1.165) is 34.0 Å². The molecular weight excluding hydrogens is 404 g/mol. The van der Waals surface area contributed by atoms with Crippen LogP contribution in [0.2, 0.25) is 0 Å². The summed E-state index contributed by atoms with van der Waals surface area (Å²) in [6.07, 6.45) is 3.31. The van der Waals surface area contributed by atoms with E-state index in [2.05, 4.69) is 50.1 Å². The Balaban J connectivity index is 1.74. The number of nitrogens with zero attached hydrogens (tertiary/aromatic N) is 2. The van der Waals surface area contributed by atoms with Crippen molar-refractivity contribution >= 4 is 32.8 Å². The molecule has 5 heteroatoms. The summed E-state index contributed by atoms with van der Waals surface area (Å²) in [6.45, 7) is 1.52. The Kier molecular flexibility index (Phi) is 5.23. The number of halogens is 1. The topological polar surface area (TPSA) is 53.4 Å². The minimum Gasteiger partial charge on any atom is -0.481 e. The molecule has 1 aromatic heterocycles. The highest BCUT2D eigenvalue weighted by Crippen LogP contribution is 2.36. The van der Waals surface area contributed by atoms with Crippen LogP contribution in [-0.2, 0) is 4.79 Å². The van der Waals surface area contributed by atoms with Crippen molar-refractivity contribution in [2.75, 3.05) is 13.1 Å². The first-order chi connectivity index (χ1) is 13.1. The second-order valence-electron chi connectivity index (χ2n) is 7.03. The van der Waals surface area contributed by atoms with Crippen LogP contribution in [0.4, 0.5) is 0 Å². The number of hydrogen-bond acceptors (Lipinski definition) is 3. The number of para-hydroxylation sites is 1. The molecule has 2 heterocycles. The maximum absolute atomic E-state index is 11.3. The molecule has 4 rings (SSSR count). The van der Waals surface area contributed by atoms with Crippen molar-refractivity contribution in [1.82, 2.24) is 9.88 Å².